The second kappa shape index (κ2) is 4.43. The third kappa shape index (κ3) is 2.68. The number of nitrogens with zero attached hydrogens (tertiary/aromatic N) is 1. The number of hydrogen-bond acceptors (Lipinski definition) is 2. The first-order chi connectivity index (χ1) is 6.02. The molecule has 0 N–H and O–H groups in total. The lowest BCUT2D eigenvalue weighted by molar-refractivity contribution is -0.0794. The minimum Gasteiger partial charge on any atom is -0.376 e. The molecule has 1 saturated heterocycles. The Kier molecular flexibility index (Phi) is 3.74. The molecule has 0 radical (unpaired) electrons. The van der Waals surface area contributed by atoms with Gasteiger partial charge < -0.3 is 4.74 Å². The van der Waals surface area contributed by atoms with E-state index in [1.165, 1.54) is 0 Å². The van der Waals surface area contributed by atoms with E-state index in [0.29, 0.717) is 24.1 Å². The van der Waals surface area contributed by atoms with Crippen LogP contribution >= 0.6 is 0 Å². The van der Waals surface area contributed by atoms with Crippen LogP contribution in [-0.2, 0) is 4.74 Å². The fraction of sp³-hybridized carbons (Fsp3) is 1.00. The molecule has 2 atom stereocenters. The molecular weight excluding hydrogens is 162 g/mol. The molecule has 0 spiro atoms. The zero-order chi connectivity index (χ0) is 10.0. The van der Waals surface area contributed by atoms with Crippen molar-refractivity contribution < 1.29 is 4.74 Å². The van der Waals surface area contributed by atoms with E-state index in [4.69, 9.17) is 4.74 Å². The van der Waals surface area contributed by atoms with Crippen molar-refractivity contribution in [2.45, 2.75) is 52.8 Å². The molecule has 0 aliphatic carbocycles. The van der Waals surface area contributed by atoms with E-state index in [2.05, 4.69) is 39.5 Å². The maximum atomic E-state index is 5.69. The summed E-state index contributed by atoms with van der Waals surface area (Å²) in [5.41, 5.74) is 0. The standard InChI is InChI=1S/C11H23NO/c1-8(2)11-7-13-10(5)6-12(11)9(3)4/h8-11H,6-7H2,1-5H3. The first kappa shape index (κ1) is 11.0. The van der Waals surface area contributed by atoms with Crippen LogP contribution in [0.4, 0.5) is 0 Å². The maximum Gasteiger partial charge on any atom is 0.0674 e. The minimum absolute atomic E-state index is 0.400. The van der Waals surface area contributed by atoms with Gasteiger partial charge in [0.25, 0.3) is 0 Å². The Hall–Kier alpha value is -0.0800. The quantitative estimate of drug-likeness (QED) is 0.653. The fourth-order valence-corrected chi connectivity index (χ4v) is 2.01. The van der Waals surface area contributed by atoms with Crippen molar-refractivity contribution >= 4 is 0 Å². The third-order valence-electron chi connectivity index (χ3n) is 2.88. The van der Waals surface area contributed by atoms with E-state index in [0.717, 1.165) is 13.2 Å². The van der Waals surface area contributed by atoms with Crippen molar-refractivity contribution in [3.05, 3.63) is 0 Å². The Labute approximate surface area is 82.3 Å². The topological polar surface area (TPSA) is 12.5 Å². The summed E-state index contributed by atoms with van der Waals surface area (Å²) in [6.07, 6.45) is 0.400. The molecule has 1 aliphatic rings. The van der Waals surface area contributed by atoms with Crippen LogP contribution in [0.1, 0.15) is 34.6 Å². The highest BCUT2D eigenvalue weighted by atomic mass is 16.5. The van der Waals surface area contributed by atoms with Gasteiger partial charge in [0, 0.05) is 18.6 Å². The summed E-state index contributed by atoms with van der Waals surface area (Å²) >= 11 is 0. The van der Waals surface area contributed by atoms with Gasteiger partial charge >= 0.3 is 0 Å². The molecule has 1 aliphatic heterocycles. The average molecular weight is 185 g/mol. The lowest BCUT2D eigenvalue weighted by Crippen LogP contribution is -2.53. The average Bonchev–Trinajstić information content (AvgIpc) is 2.03. The Balaban J connectivity index is 2.60. The SMILES string of the molecule is CC1CN(C(C)C)C(C(C)C)CO1. The predicted molar refractivity (Wildman–Crippen MR) is 55.9 cm³/mol. The molecule has 0 aromatic rings. The predicted octanol–water partition coefficient (Wildman–Crippen LogP) is 2.14. The van der Waals surface area contributed by atoms with Crippen LogP contribution < -0.4 is 0 Å². The molecule has 0 bridgehead atoms. The van der Waals surface area contributed by atoms with Crippen molar-refractivity contribution in [3.8, 4) is 0 Å². The summed E-state index contributed by atoms with van der Waals surface area (Å²) < 4.78 is 5.69. The van der Waals surface area contributed by atoms with E-state index in [-0.39, 0.29) is 0 Å². The molecule has 1 rings (SSSR count). The van der Waals surface area contributed by atoms with Crippen LogP contribution in [0.25, 0.3) is 0 Å². The van der Waals surface area contributed by atoms with Gasteiger partial charge in [0.05, 0.1) is 12.7 Å². The largest absolute Gasteiger partial charge is 0.376 e. The maximum absolute atomic E-state index is 5.69. The summed E-state index contributed by atoms with van der Waals surface area (Å²) in [7, 11) is 0. The number of hydrogen-bond donors (Lipinski definition) is 0. The van der Waals surface area contributed by atoms with Crippen molar-refractivity contribution in [2.75, 3.05) is 13.2 Å². The van der Waals surface area contributed by atoms with Gasteiger partial charge in [-0.1, -0.05) is 13.8 Å². The molecule has 78 valence electrons. The van der Waals surface area contributed by atoms with Crippen molar-refractivity contribution in [1.82, 2.24) is 4.90 Å². The zero-order valence-electron chi connectivity index (χ0n) is 9.58. The number of ether oxygens (including phenoxy) is 1. The molecule has 2 unspecified atom stereocenters. The fourth-order valence-electron chi connectivity index (χ4n) is 2.01. The first-order valence-corrected chi connectivity index (χ1v) is 5.39. The second-order valence-corrected chi connectivity index (χ2v) is 4.75. The molecular formula is C11H23NO. The summed E-state index contributed by atoms with van der Waals surface area (Å²) in [5.74, 6) is 0.690. The van der Waals surface area contributed by atoms with E-state index < -0.39 is 0 Å². The van der Waals surface area contributed by atoms with Gasteiger partial charge in [0.2, 0.25) is 0 Å². The van der Waals surface area contributed by atoms with Crippen LogP contribution in [0.2, 0.25) is 0 Å². The highest BCUT2D eigenvalue weighted by molar-refractivity contribution is 4.82. The summed E-state index contributed by atoms with van der Waals surface area (Å²) in [6, 6.07) is 1.25. The molecule has 1 fully saturated rings. The van der Waals surface area contributed by atoms with Gasteiger partial charge in [-0.3, -0.25) is 4.90 Å². The van der Waals surface area contributed by atoms with E-state index in [1.54, 1.807) is 0 Å². The summed E-state index contributed by atoms with van der Waals surface area (Å²) in [5, 5.41) is 0. The van der Waals surface area contributed by atoms with Crippen LogP contribution in [0.5, 0.6) is 0 Å². The van der Waals surface area contributed by atoms with Gasteiger partial charge in [-0.25, -0.2) is 0 Å². The lowest BCUT2D eigenvalue weighted by atomic mass is 9.99. The van der Waals surface area contributed by atoms with Gasteiger partial charge in [-0.15, -0.1) is 0 Å². The second-order valence-electron chi connectivity index (χ2n) is 4.75. The minimum atomic E-state index is 0.400. The van der Waals surface area contributed by atoms with Gasteiger partial charge in [0.1, 0.15) is 0 Å². The lowest BCUT2D eigenvalue weighted by Gasteiger charge is -2.43. The highest BCUT2D eigenvalue weighted by Crippen LogP contribution is 2.20. The molecule has 0 saturated carbocycles. The van der Waals surface area contributed by atoms with Crippen molar-refractivity contribution in [3.63, 3.8) is 0 Å². The normalized spacial score (nSPS) is 31.6. The Bertz CT molecular complexity index is 156. The van der Waals surface area contributed by atoms with Crippen LogP contribution in [-0.4, -0.2) is 36.2 Å². The van der Waals surface area contributed by atoms with Crippen molar-refractivity contribution in [2.24, 2.45) is 5.92 Å². The molecule has 13 heavy (non-hydrogen) atoms. The molecule has 0 aromatic heterocycles. The number of morpholine rings is 1. The van der Waals surface area contributed by atoms with E-state index in [1.807, 2.05) is 0 Å². The molecule has 0 aromatic carbocycles. The zero-order valence-corrected chi connectivity index (χ0v) is 9.58. The van der Waals surface area contributed by atoms with Crippen LogP contribution in [0, 0.1) is 5.92 Å². The van der Waals surface area contributed by atoms with E-state index >= 15 is 0 Å². The van der Waals surface area contributed by atoms with E-state index in [9.17, 15) is 0 Å². The molecule has 2 heteroatoms. The first-order valence-electron chi connectivity index (χ1n) is 5.39. The number of rotatable bonds is 2. The molecule has 0 amide bonds. The van der Waals surface area contributed by atoms with Crippen LogP contribution in [0.3, 0.4) is 0 Å². The summed E-state index contributed by atoms with van der Waals surface area (Å²) in [6.45, 7) is 13.2. The summed E-state index contributed by atoms with van der Waals surface area (Å²) in [4.78, 5) is 2.57. The third-order valence-corrected chi connectivity index (χ3v) is 2.88. The monoisotopic (exact) mass is 185 g/mol. The van der Waals surface area contributed by atoms with Gasteiger partial charge in [0.15, 0.2) is 0 Å². The Morgan fingerprint density at radius 3 is 2.31 bits per heavy atom. The molecule has 2 nitrogen and oxygen atoms in total. The smallest absolute Gasteiger partial charge is 0.0674 e. The van der Waals surface area contributed by atoms with Crippen molar-refractivity contribution in [1.29, 1.82) is 0 Å². The van der Waals surface area contributed by atoms with Crippen LogP contribution in [0.15, 0.2) is 0 Å². The highest BCUT2D eigenvalue weighted by Gasteiger charge is 2.30. The van der Waals surface area contributed by atoms with Gasteiger partial charge in [-0.2, -0.15) is 0 Å². The Morgan fingerprint density at radius 1 is 1.23 bits per heavy atom. The van der Waals surface area contributed by atoms with Gasteiger partial charge in [-0.05, 0) is 26.7 Å². The molecule has 1 heterocycles. The Morgan fingerprint density at radius 2 is 1.85 bits per heavy atom.